The van der Waals surface area contributed by atoms with Crippen LogP contribution in [0.1, 0.15) is 33.6 Å². The SMILES string of the molecule is CC(C)(C)[C@H](N)C(=O)N1CCC(Oc2ccccc2)CC1.Cl. The maximum atomic E-state index is 12.4. The summed E-state index contributed by atoms with van der Waals surface area (Å²) >= 11 is 0. The van der Waals surface area contributed by atoms with Crippen molar-refractivity contribution in [3.8, 4) is 5.75 Å². The Morgan fingerprint density at radius 3 is 2.27 bits per heavy atom. The number of nitrogens with zero attached hydrogens (tertiary/aromatic N) is 1. The Morgan fingerprint density at radius 2 is 1.77 bits per heavy atom. The maximum absolute atomic E-state index is 12.4. The van der Waals surface area contributed by atoms with Crippen LogP contribution in [0.2, 0.25) is 0 Å². The largest absolute Gasteiger partial charge is 0.490 e. The minimum Gasteiger partial charge on any atom is -0.490 e. The fraction of sp³-hybridized carbons (Fsp3) is 0.588. The van der Waals surface area contributed by atoms with E-state index in [1.165, 1.54) is 0 Å². The molecule has 2 N–H and O–H groups in total. The molecule has 1 fully saturated rings. The molecular weight excluding hydrogens is 300 g/mol. The number of halogens is 1. The van der Waals surface area contributed by atoms with E-state index in [4.69, 9.17) is 10.5 Å². The molecule has 0 spiro atoms. The molecule has 0 saturated carbocycles. The molecule has 0 radical (unpaired) electrons. The molecule has 1 aliphatic heterocycles. The van der Waals surface area contributed by atoms with Crippen LogP contribution in [0, 0.1) is 5.41 Å². The Labute approximate surface area is 139 Å². The number of piperidine rings is 1. The molecule has 1 saturated heterocycles. The average Bonchev–Trinajstić information content (AvgIpc) is 2.46. The van der Waals surface area contributed by atoms with Crippen molar-refractivity contribution in [1.29, 1.82) is 0 Å². The van der Waals surface area contributed by atoms with Gasteiger partial charge in [0.25, 0.3) is 0 Å². The molecule has 22 heavy (non-hydrogen) atoms. The summed E-state index contributed by atoms with van der Waals surface area (Å²) in [6, 6.07) is 9.40. The van der Waals surface area contributed by atoms with Crippen LogP contribution in [0.5, 0.6) is 5.75 Å². The predicted octanol–water partition coefficient (Wildman–Crippen LogP) is 2.85. The van der Waals surface area contributed by atoms with Crippen LogP contribution in [0.4, 0.5) is 0 Å². The molecule has 1 aromatic carbocycles. The van der Waals surface area contributed by atoms with Gasteiger partial charge in [-0.3, -0.25) is 4.79 Å². The van der Waals surface area contributed by atoms with Crippen molar-refractivity contribution in [3.05, 3.63) is 30.3 Å². The van der Waals surface area contributed by atoms with E-state index < -0.39 is 6.04 Å². The lowest BCUT2D eigenvalue weighted by Gasteiger charge is -2.36. The van der Waals surface area contributed by atoms with Crippen LogP contribution in [0.25, 0.3) is 0 Å². The molecule has 0 bridgehead atoms. The molecule has 1 aromatic rings. The minimum atomic E-state index is -0.441. The Balaban J connectivity index is 0.00000242. The van der Waals surface area contributed by atoms with Crippen LogP contribution in [-0.2, 0) is 4.79 Å². The lowest BCUT2D eigenvalue weighted by molar-refractivity contribution is -0.136. The fourth-order valence-corrected chi connectivity index (χ4v) is 2.45. The quantitative estimate of drug-likeness (QED) is 0.929. The van der Waals surface area contributed by atoms with Gasteiger partial charge in [-0.1, -0.05) is 39.0 Å². The zero-order valence-corrected chi connectivity index (χ0v) is 14.4. The topological polar surface area (TPSA) is 55.6 Å². The molecule has 1 aliphatic rings. The number of hydrogen-bond acceptors (Lipinski definition) is 3. The van der Waals surface area contributed by atoms with Crippen LogP contribution in [-0.4, -0.2) is 36.0 Å². The van der Waals surface area contributed by atoms with Crippen LogP contribution >= 0.6 is 12.4 Å². The molecule has 124 valence electrons. The highest BCUT2D eigenvalue weighted by molar-refractivity contribution is 5.85. The van der Waals surface area contributed by atoms with Crippen molar-refractivity contribution in [2.75, 3.05) is 13.1 Å². The van der Waals surface area contributed by atoms with E-state index in [0.29, 0.717) is 0 Å². The number of likely N-dealkylation sites (tertiary alicyclic amines) is 1. The number of benzene rings is 1. The summed E-state index contributed by atoms with van der Waals surface area (Å²) < 4.78 is 5.94. The molecular formula is C17H27ClN2O2. The molecule has 0 unspecified atom stereocenters. The molecule has 0 aromatic heterocycles. The van der Waals surface area contributed by atoms with E-state index in [-0.39, 0.29) is 29.8 Å². The normalized spacial score (nSPS) is 17.5. The smallest absolute Gasteiger partial charge is 0.240 e. The summed E-state index contributed by atoms with van der Waals surface area (Å²) in [5.41, 5.74) is 5.86. The standard InChI is InChI=1S/C17H26N2O2.ClH/c1-17(2,3)15(18)16(20)19-11-9-14(10-12-19)21-13-7-5-4-6-8-13;/h4-8,14-15H,9-12,18H2,1-3H3;1H/t15-;/m1./s1. The second kappa shape index (κ2) is 7.84. The Morgan fingerprint density at radius 1 is 1.23 bits per heavy atom. The first kappa shape index (κ1) is 18.8. The highest BCUT2D eigenvalue weighted by atomic mass is 35.5. The van der Waals surface area contributed by atoms with E-state index >= 15 is 0 Å². The monoisotopic (exact) mass is 326 g/mol. The molecule has 4 nitrogen and oxygen atoms in total. The molecule has 0 aliphatic carbocycles. The van der Waals surface area contributed by atoms with Gasteiger partial charge in [-0.25, -0.2) is 0 Å². The number of hydrogen-bond donors (Lipinski definition) is 1. The van der Waals surface area contributed by atoms with Crippen molar-refractivity contribution < 1.29 is 9.53 Å². The first-order valence-electron chi connectivity index (χ1n) is 7.64. The highest BCUT2D eigenvalue weighted by Crippen LogP contribution is 2.22. The molecule has 5 heteroatoms. The van der Waals surface area contributed by atoms with Crippen LogP contribution < -0.4 is 10.5 Å². The van der Waals surface area contributed by atoms with E-state index in [0.717, 1.165) is 31.7 Å². The third-order valence-corrected chi connectivity index (χ3v) is 4.00. The molecule has 1 amide bonds. The highest BCUT2D eigenvalue weighted by Gasteiger charge is 2.33. The summed E-state index contributed by atoms with van der Waals surface area (Å²) in [6.45, 7) is 7.45. The average molecular weight is 327 g/mol. The minimum absolute atomic E-state index is 0. The van der Waals surface area contributed by atoms with Crippen molar-refractivity contribution in [1.82, 2.24) is 4.90 Å². The van der Waals surface area contributed by atoms with Gasteiger partial charge in [-0.2, -0.15) is 0 Å². The third kappa shape index (κ3) is 4.89. The van der Waals surface area contributed by atoms with Crippen molar-refractivity contribution in [2.45, 2.75) is 45.8 Å². The summed E-state index contributed by atoms with van der Waals surface area (Å²) in [5, 5.41) is 0. The lowest BCUT2D eigenvalue weighted by Crippen LogP contribution is -2.53. The van der Waals surface area contributed by atoms with E-state index in [2.05, 4.69) is 0 Å². The Kier molecular flexibility index (Phi) is 6.69. The number of ether oxygens (including phenoxy) is 1. The molecule has 2 rings (SSSR count). The number of nitrogens with two attached hydrogens (primary N) is 1. The zero-order valence-electron chi connectivity index (χ0n) is 13.6. The molecule has 1 atom stereocenters. The first-order valence-corrected chi connectivity index (χ1v) is 7.64. The number of para-hydroxylation sites is 1. The summed E-state index contributed by atoms with van der Waals surface area (Å²) in [4.78, 5) is 14.2. The van der Waals surface area contributed by atoms with Gasteiger partial charge in [-0.15, -0.1) is 12.4 Å². The maximum Gasteiger partial charge on any atom is 0.240 e. The number of amides is 1. The van der Waals surface area contributed by atoms with E-state index in [1.807, 2.05) is 56.0 Å². The van der Waals surface area contributed by atoms with Crippen LogP contribution in [0.15, 0.2) is 30.3 Å². The van der Waals surface area contributed by atoms with Gasteiger partial charge in [0.15, 0.2) is 0 Å². The summed E-state index contributed by atoms with van der Waals surface area (Å²) in [7, 11) is 0. The number of carbonyl (C=O) groups is 1. The number of rotatable bonds is 3. The number of carbonyl (C=O) groups excluding carboxylic acids is 1. The van der Waals surface area contributed by atoms with Gasteiger partial charge in [0.2, 0.25) is 5.91 Å². The van der Waals surface area contributed by atoms with Crippen molar-refractivity contribution >= 4 is 18.3 Å². The lowest BCUT2D eigenvalue weighted by atomic mass is 9.86. The van der Waals surface area contributed by atoms with Gasteiger partial charge in [0.05, 0.1) is 6.04 Å². The Hall–Kier alpha value is -1.26. The second-order valence-corrected chi connectivity index (χ2v) is 6.80. The third-order valence-electron chi connectivity index (χ3n) is 4.00. The van der Waals surface area contributed by atoms with Gasteiger partial charge in [0.1, 0.15) is 11.9 Å². The Bertz CT molecular complexity index is 465. The summed E-state index contributed by atoms with van der Waals surface area (Å²) in [6.07, 6.45) is 1.90. The van der Waals surface area contributed by atoms with Gasteiger partial charge < -0.3 is 15.4 Å². The van der Waals surface area contributed by atoms with Gasteiger partial charge in [-0.05, 0) is 17.5 Å². The summed E-state index contributed by atoms with van der Waals surface area (Å²) in [5.74, 6) is 0.953. The molecule has 1 heterocycles. The van der Waals surface area contributed by atoms with Crippen molar-refractivity contribution in [3.63, 3.8) is 0 Å². The first-order chi connectivity index (χ1) is 9.88. The zero-order chi connectivity index (χ0) is 15.5. The predicted molar refractivity (Wildman–Crippen MR) is 91.4 cm³/mol. The van der Waals surface area contributed by atoms with E-state index in [1.54, 1.807) is 0 Å². The van der Waals surface area contributed by atoms with E-state index in [9.17, 15) is 4.79 Å². The van der Waals surface area contributed by atoms with Gasteiger partial charge in [0, 0.05) is 25.9 Å². The van der Waals surface area contributed by atoms with Gasteiger partial charge >= 0.3 is 0 Å². The second-order valence-electron chi connectivity index (χ2n) is 6.80. The fourth-order valence-electron chi connectivity index (χ4n) is 2.45. The van der Waals surface area contributed by atoms with Crippen molar-refractivity contribution in [2.24, 2.45) is 11.1 Å². The van der Waals surface area contributed by atoms with Crippen LogP contribution in [0.3, 0.4) is 0 Å².